The van der Waals surface area contributed by atoms with Gasteiger partial charge in [0, 0.05) is 20.4 Å². The number of hydrogen-bond donors (Lipinski definition) is 0. The maximum atomic E-state index is 13.4. The van der Waals surface area contributed by atoms with Gasteiger partial charge in [-0.2, -0.15) is 0 Å². The highest BCUT2D eigenvalue weighted by molar-refractivity contribution is 7.90. The van der Waals surface area contributed by atoms with Crippen LogP contribution in [0.1, 0.15) is 0 Å². The number of hydrogen-bond acceptors (Lipinski definition) is 3. The van der Waals surface area contributed by atoms with Gasteiger partial charge in [0.05, 0.1) is 0 Å². The van der Waals surface area contributed by atoms with Gasteiger partial charge in [0.25, 0.3) is 0 Å². The summed E-state index contributed by atoms with van der Waals surface area (Å²) < 4.78 is 75.6. The molecule has 3 nitrogen and oxygen atoms in total. The average Bonchev–Trinajstić information content (AvgIpc) is 2.12. The van der Waals surface area contributed by atoms with Crippen LogP contribution < -0.4 is 4.90 Å². The molecule has 0 heterocycles. The van der Waals surface area contributed by atoms with Gasteiger partial charge in [0.2, 0.25) is 0 Å². The Morgan fingerprint density at radius 2 is 1.24 bits per heavy atom. The molecule has 17 heavy (non-hydrogen) atoms. The Bertz CT molecular complexity index is 540. The van der Waals surface area contributed by atoms with E-state index in [9.17, 15) is 26.0 Å². The number of halogens is 4. The topological polar surface area (TPSA) is 37.4 Å². The number of benzene rings is 1. The molecular weight excluding hydrogens is 262 g/mol. The summed E-state index contributed by atoms with van der Waals surface area (Å²) in [5.41, 5.74) is -0.965. The standard InChI is InChI=1S/C9H9F4NO2S/c1-14(2)8-4(10)6(12)9(17(3,15)16)7(13)5(8)11/h1-3H3. The van der Waals surface area contributed by atoms with E-state index in [1.807, 2.05) is 0 Å². The van der Waals surface area contributed by atoms with E-state index in [2.05, 4.69) is 0 Å². The maximum absolute atomic E-state index is 13.4. The quantitative estimate of drug-likeness (QED) is 0.607. The van der Waals surface area contributed by atoms with E-state index >= 15 is 0 Å². The van der Waals surface area contributed by atoms with Crippen molar-refractivity contribution in [1.82, 2.24) is 0 Å². The van der Waals surface area contributed by atoms with Crippen molar-refractivity contribution in [3.8, 4) is 0 Å². The van der Waals surface area contributed by atoms with E-state index in [1.54, 1.807) is 0 Å². The summed E-state index contributed by atoms with van der Waals surface area (Å²) in [6.45, 7) is 0. The second-order valence-electron chi connectivity index (χ2n) is 3.60. The van der Waals surface area contributed by atoms with Crippen LogP contribution in [0.2, 0.25) is 0 Å². The maximum Gasteiger partial charge on any atom is 0.186 e. The third-order valence-corrected chi connectivity index (χ3v) is 3.12. The monoisotopic (exact) mass is 271 g/mol. The zero-order valence-electron chi connectivity index (χ0n) is 9.18. The summed E-state index contributed by atoms with van der Waals surface area (Å²) in [5, 5.41) is 0. The Morgan fingerprint density at radius 1 is 0.882 bits per heavy atom. The van der Waals surface area contributed by atoms with Crippen LogP contribution >= 0.6 is 0 Å². The van der Waals surface area contributed by atoms with Crippen LogP contribution in [0.4, 0.5) is 23.2 Å². The minimum absolute atomic E-state index is 0.461. The van der Waals surface area contributed by atoms with E-state index in [0.717, 1.165) is 4.90 Å². The van der Waals surface area contributed by atoms with E-state index in [4.69, 9.17) is 0 Å². The predicted molar refractivity (Wildman–Crippen MR) is 53.7 cm³/mol. The molecule has 1 rings (SSSR count). The van der Waals surface area contributed by atoms with E-state index < -0.39 is 43.7 Å². The zero-order chi connectivity index (χ0) is 13.5. The molecule has 0 amide bonds. The first-order valence-corrected chi connectivity index (χ1v) is 6.21. The Balaban J connectivity index is 3.84. The highest BCUT2D eigenvalue weighted by Gasteiger charge is 2.31. The van der Waals surface area contributed by atoms with Crippen molar-refractivity contribution < 1.29 is 26.0 Å². The molecular formula is C9H9F4NO2S. The molecule has 0 unspecified atom stereocenters. The fraction of sp³-hybridized carbons (Fsp3) is 0.333. The van der Waals surface area contributed by atoms with Crippen LogP contribution in [-0.2, 0) is 9.84 Å². The first-order chi connectivity index (χ1) is 7.59. The van der Waals surface area contributed by atoms with Gasteiger partial charge in [-0.25, -0.2) is 26.0 Å². The average molecular weight is 271 g/mol. The number of sulfone groups is 1. The summed E-state index contributed by atoms with van der Waals surface area (Å²) in [7, 11) is -2.07. The summed E-state index contributed by atoms with van der Waals surface area (Å²) in [5.74, 6) is -7.33. The first-order valence-electron chi connectivity index (χ1n) is 4.32. The normalized spacial score (nSPS) is 11.7. The summed E-state index contributed by atoms with van der Waals surface area (Å²) in [6, 6.07) is 0. The fourth-order valence-electron chi connectivity index (χ4n) is 1.32. The smallest absolute Gasteiger partial charge is 0.186 e. The third kappa shape index (κ3) is 2.21. The van der Waals surface area contributed by atoms with Crippen LogP contribution in [0, 0.1) is 23.3 Å². The Morgan fingerprint density at radius 3 is 1.47 bits per heavy atom. The lowest BCUT2D eigenvalue weighted by molar-refractivity contribution is 0.421. The second-order valence-corrected chi connectivity index (χ2v) is 5.55. The SMILES string of the molecule is CN(C)c1c(F)c(F)c(S(C)(=O)=O)c(F)c1F. The van der Waals surface area contributed by atoms with Gasteiger partial charge >= 0.3 is 0 Å². The first kappa shape index (κ1) is 13.8. The molecule has 1 aromatic rings. The molecule has 0 fully saturated rings. The predicted octanol–water partition coefficient (Wildman–Crippen LogP) is 1.71. The van der Waals surface area contributed by atoms with E-state index in [0.29, 0.717) is 6.26 Å². The fourth-order valence-corrected chi connectivity index (χ4v) is 2.15. The number of rotatable bonds is 2. The lowest BCUT2D eigenvalue weighted by Gasteiger charge is -2.16. The highest BCUT2D eigenvalue weighted by atomic mass is 32.2. The molecule has 0 spiro atoms. The molecule has 0 saturated carbocycles. The van der Waals surface area contributed by atoms with Crippen LogP contribution in [0.5, 0.6) is 0 Å². The molecule has 0 aliphatic carbocycles. The van der Waals surface area contributed by atoms with Gasteiger partial charge in [0.15, 0.2) is 33.1 Å². The lowest BCUT2D eigenvalue weighted by atomic mass is 10.2. The minimum atomic E-state index is -4.40. The van der Waals surface area contributed by atoms with E-state index in [1.165, 1.54) is 14.1 Å². The van der Waals surface area contributed by atoms with Crippen molar-refractivity contribution in [3.05, 3.63) is 23.3 Å². The molecule has 0 atom stereocenters. The van der Waals surface area contributed by atoms with Gasteiger partial charge in [0.1, 0.15) is 10.6 Å². The van der Waals surface area contributed by atoms with Gasteiger partial charge < -0.3 is 4.90 Å². The molecule has 0 bridgehead atoms. The van der Waals surface area contributed by atoms with Crippen molar-refractivity contribution >= 4 is 15.5 Å². The Kier molecular flexibility index (Phi) is 3.37. The highest BCUT2D eigenvalue weighted by Crippen LogP contribution is 2.31. The summed E-state index contributed by atoms with van der Waals surface area (Å²) in [6.07, 6.45) is 0.461. The van der Waals surface area contributed by atoms with Gasteiger partial charge in [-0.3, -0.25) is 0 Å². The van der Waals surface area contributed by atoms with Gasteiger partial charge in [-0.05, 0) is 0 Å². The molecule has 8 heteroatoms. The molecule has 0 N–H and O–H groups in total. The second kappa shape index (κ2) is 4.17. The van der Waals surface area contributed by atoms with Crippen LogP contribution in [0.15, 0.2) is 4.90 Å². The Labute approximate surface area is 95.6 Å². The van der Waals surface area contributed by atoms with Crippen molar-refractivity contribution in [1.29, 1.82) is 0 Å². The summed E-state index contributed by atoms with van der Waals surface area (Å²) in [4.78, 5) is -0.791. The minimum Gasteiger partial charge on any atom is -0.373 e. The molecule has 0 aliphatic heterocycles. The largest absolute Gasteiger partial charge is 0.373 e. The van der Waals surface area contributed by atoms with Crippen molar-refractivity contribution in [2.24, 2.45) is 0 Å². The molecule has 96 valence electrons. The number of nitrogens with zero attached hydrogens (tertiary/aromatic N) is 1. The molecule has 0 aromatic heterocycles. The molecule has 0 saturated heterocycles. The van der Waals surface area contributed by atoms with Crippen LogP contribution in [0.3, 0.4) is 0 Å². The van der Waals surface area contributed by atoms with E-state index in [-0.39, 0.29) is 0 Å². The lowest BCUT2D eigenvalue weighted by Crippen LogP contribution is -2.18. The van der Waals surface area contributed by atoms with Gasteiger partial charge in [-0.15, -0.1) is 0 Å². The number of anilines is 1. The Hall–Kier alpha value is -1.31. The summed E-state index contributed by atoms with van der Waals surface area (Å²) >= 11 is 0. The molecule has 0 aliphatic rings. The van der Waals surface area contributed by atoms with Crippen LogP contribution in [-0.4, -0.2) is 28.8 Å². The van der Waals surface area contributed by atoms with Crippen molar-refractivity contribution in [3.63, 3.8) is 0 Å². The van der Waals surface area contributed by atoms with Crippen molar-refractivity contribution in [2.45, 2.75) is 4.90 Å². The third-order valence-electron chi connectivity index (χ3n) is 2.02. The molecule has 0 radical (unpaired) electrons. The van der Waals surface area contributed by atoms with Crippen LogP contribution in [0.25, 0.3) is 0 Å². The zero-order valence-corrected chi connectivity index (χ0v) is 10.0. The van der Waals surface area contributed by atoms with Crippen molar-refractivity contribution in [2.75, 3.05) is 25.3 Å². The van der Waals surface area contributed by atoms with Gasteiger partial charge in [-0.1, -0.05) is 0 Å². The molecule has 1 aromatic carbocycles.